The van der Waals surface area contributed by atoms with Gasteiger partial charge in [-0.1, -0.05) is 6.92 Å². The van der Waals surface area contributed by atoms with Crippen LogP contribution in [0.15, 0.2) is 11.1 Å². The summed E-state index contributed by atoms with van der Waals surface area (Å²) in [6, 6.07) is 0. The van der Waals surface area contributed by atoms with Crippen molar-refractivity contribution in [2.24, 2.45) is 5.92 Å². The SMILES string of the molecule is Cc1nc2c(ncn2[C@@H]2O[C@H](CO)C(C)C[C@@H]2O)c(=O)[nH]1. The summed E-state index contributed by atoms with van der Waals surface area (Å²) in [5, 5.41) is 19.6. The van der Waals surface area contributed by atoms with Crippen molar-refractivity contribution in [2.75, 3.05) is 6.61 Å². The van der Waals surface area contributed by atoms with E-state index >= 15 is 0 Å². The maximum Gasteiger partial charge on any atom is 0.279 e. The molecular weight excluding hydrogens is 276 g/mol. The Hall–Kier alpha value is -1.77. The molecule has 8 nitrogen and oxygen atoms in total. The highest BCUT2D eigenvalue weighted by Gasteiger charge is 2.36. The zero-order valence-corrected chi connectivity index (χ0v) is 11.9. The van der Waals surface area contributed by atoms with E-state index in [1.54, 1.807) is 11.5 Å². The second-order valence-corrected chi connectivity index (χ2v) is 5.50. The van der Waals surface area contributed by atoms with Gasteiger partial charge in [0.2, 0.25) is 0 Å². The third kappa shape index (κ3) is 2.35. The smallest absolute Gasteiger partial charge is 0.279 e. The number of ether oxygens (including phenoxy) is 1. The number of hydrogen-bond acceptors (Lipinski definition) is 6. The molecule has 4 atom stereocenters. The lowest BCUT2D eigenvalue weighted by molar-refractivity contribution is -0.183. The summed E-state index contributed by atoms with van der Waals surface area (Å²) in [7, 11) is 0. The number of aryl methyl sites for hydroxylation is 1. The minimum atomic E-state index is -0.749. The van der Waals surface area contributed by atoms with Gasteiger partial charge in [0.25, 0.3) is 5.56 Å². The van der Waals surface area contributed by atoms with Gasteiger partial charge >= 0.3 is 0 Å². The summed E-state index contributed by atoms with van der Waals surface area (Å²) in [5.41, 5.74) is 0.246. The van der Waals surface area contributed by atoms with Crippen LogP contribution in [0.3, 0.4) is 0 Å². The summed E-state index contributed by atoms with van der Waals surface area (Å²) < 4.78 is 7.32. The van der Waals surface area contributed by atoms with Crippen LogP contribution in [-0.4, -0.2) is 48.5 Å². The Morgan fingerprint density at radius 3 is 3.05 bits per heavy atom. The van der Waals surface area contributed by atoms with Gasteiger partial charge in [-0.05, 0) is 19.3 Å². The molecule has 3 heterocycles. The fourth-order valence-corrected chi connectivity index (χ4v) is 2.75. The highest BCUT2D eigenvalue weighted by molar-refractivity contribution is 5.69. The Balaban J connectivity index is 2.05. The van der Waals surface area contributed by atoms with E-state index in [2.05, 4.69) is 15.0 Å². The molecule has 114 valence electrons. The summed E-state index contributed by atoms with van der Waals surface area (Å²) in [6.45, 7) is 3.47. The Labute approximate surface area is 120 Å². The largest absolute Gasteiger partial charge is 0.394 e. The fourth-order valence-electron chi connectivity index (χ4n) is 2.75. The molecule has 1 aliphatic rings. The maximum atomic E-state index is 11.8. The molecule has 1 fully saturated rings. The van der Waals surface area contributed by atoms with Crippen molar-refractivity contribution in [2.45, 2.75) is 38.7 Å². The number of H-pyrrole nitrogens is 1. The van der Waals surface area contributed by atoms with Crippen LogP contribution in [0.25, 0.3) is 11.2 Å². The number of aromatic nitrogens is 4. The van der Waals surface area contributed by atoms with Gasteiger partial charge in [0.15, 0.2) is 17.4 Å². The molecule has 1 unspecified atom stereocenters. The van der Waals surface area contributed by atoms with Gasteiger partial charge in [-0.3, -0.25) is 9.36 Å². The van der Waals surface area contributed by atoms with Crippen LogP contribution in [0.4, 0.5) is 0 Å². The van der Waals surface area contributed by atoms with Crippen LogP contribution in [0.2, 0.25) is 0 Å². The molecule has 0 spiro atoms. The molecule has 21 heavy (non-hydrogen) atoms. The highest BCUT2D eigenvalue weighted by Crippen LogP contribution is 2.32. The molecule has 2 aromatic rings. The predicted octanol–water partition coefficient (Wildman–Crippen LogP) is -0.295. The first-order chi connectivity index (χ1) is 10.0. The van der Waals surface area contributed by atoms with Gasteiger partial charge in [-0.25, -0.2) is 9.97 Å². The third-order valence-electron chi connectivity index (χ3n) is 3.90. The Morgan fingerprint density at radius 2 is 2.33 bits per heavy atom. The third-order valence-corrected chi connectivity index (χ3v) is 3.90. The van der Waals surface area contributed by atoms with Gasteiger partial charge in [0, 0.05) is 0 Å². The van der Waals surface area contributed by atoms with Crippen molar-refractivity contribution in [3.63, 3.8) is 0 Å². The zero-order valence-electron chi connectivity index (χ0n) is 11.9. The first-order valence-corrected chi connectivity index (χ1v) is 6.89. The fraction of sp³-hybridized carbons (Fsp3) is 0.615. The number of imidazole rings is 1. The zero-order chi connectivity index (χ0) is 15.1. The van der Waals surface area contributed by atoms with E-state index in [9.17, 15) is 15.0 Å². The van der Waals surface area contributed by atoms with Crippen molar-refractivity contribution >= 4 is 11.2 Å². The summed E-state index contributed by atoms with van der Waals surface area (Å²) in [6.07, 6.45) is 0.111. The number of nitrogens with zero attached hydrogens (tertiary/aromatic N) is 3. The van der Waals surface area contributed by atoms with Crippen LogP contribution >= 0.6 is 0 Å². The molecule has 0 bridgehead atoms. The number of aromatic amines is 1. The van der Waals surface area contributed by atoms with Gasteiger partial charge < -0.3 is 19.9 Å². The molecule has 0 aliphatic carbocycles. The molecule has 0 radical (unpaired) electrons. The molecule has 0 amide bonds. The van der Waals surface area contributed by atoms with E-state index in [1.165, 1.54) is 6.33 Å². The van der Waals surface area contributed by atoms with Crippen LogP contribution in [0, 0.1) is 12.8 Å². The normalized spacial score (nSPS) is 29.9. The Bertz CT molecular complexity index is 710. The van der Waals surface area contributed by atoms with E-state index in [0.717, 1.165) is 0 Å². The minimum absolute atomic E-state index is 0.0501. The lowest BCUT2D eigenvalue weighted by Gasteiger charge is -2.37. The molecule has 2 aromatic heterocycles. The number of aliphatic hydroxyl groups is 2. The van der Waals surface area contributed by atoms with E-state index < -0.39 is 12.3 Å². The van der Waals surface area contributed by atoms with E-state index in [4.69, 9.17) is 4.74 Å². The molecule has 3 N–H and O–H groups in total. The quantitative estimate of drug-likeness (QED) is 0.701. The summed E-state index contributed by atoms with van der Waals surface area (Å²) in [4.78, 5) is 22.7. The lowest BCUT2D eigenvalue weighted by atomic mass is 9.94. The topological polar surface area (TPSA) is 113 Å². The summed E-state index contributed by atoms with van der Waals surface area (Å²) in [5.74, 6) is 0.515. The molecule has 1 saturated heterocycles. The van der Waals surface area contributed by atoms with Crippen LogP contribution < -0.4 is 5.56 Å². The van der Waals surface area contributed by atoms with Crippen molar-refractivity contribution < 1.29 is 14.9 Å². The number of nitrogens with one attached hydrogen (secondary N) is 1. The monoisotopic (exact) mass is 294 g/mol. The van der Waals surface area contributed by atoms with E-state index in [-0.39, 0.29) is 29.7 Å². The number of fused-ring (bicyclic) bond motifs is 1. The second kappa shape index (κ2) is 5.21. The van der Waals surface area contributed by atoms with Crippen molar-refractivity contribution in [1.82, 2.24) is 19.5 Å². The Morgan fingerprint density at radius 1 is 1.57 bits per heavy atom. The Kier molecular flexibility index (Phi) is 3.52. The number of hydrogen-bond donors (Lipinski definition) is 3. The molecule has 1 aliphatic heterocycles. The van der Waals surface area contributed by atoms with Crippen molar-refractivity contribution in [1.29, 1.82) is 0 Å². The maximum absolute atomic E-state index is 11.8. The minimum Gasteiger partial charge on any atom is -0.394 e. The summed E-state index contributed by atoms with van der Waals surface area (Å²) >= 11 is 0. The average molecular weight is 294 g/mol. The number of aliphatic hydroxyl groups excluding tert-OH is 2. The van der Waals surface area contributed by atoms with Gasteiger partial charge in [-0.15, -0.1) is 0 Å². The highest BCUT2D eigenvalue weighted by atomic mass is 16.5. The molecule has 3 rings (SSSR count). The first kappa shape index (κ1) is 14.2. The molecule has 0 aromatic carbocycles. The average Bonchev–Trinajstić information content (AvgIpc) is 2.83. The van der Waals surface area contributed by atoms with Gasteiger partial charge in [0.05, 0.1) is 25.1 Å². The first-order valence-electron chi connectivity index (χ1n) is 6.89. The van der Waals surface area contributed by atoms with E-state index in [0.29, 0.717) is 17.9 Å². The van der Waals surface area contributed by atoms with Gasteiger partial charge in [0.1, 0.15) is 5.82 Å². The van der Waals surface area contributed by atoms with Gasteiger partial charge in [-0.2, -0.15) is 0 Å². The molecule has 0 saturated carbocycles. The predicted molar refractivity (Wildman–Crippen MR) is 73.7 cm³/mol. The van der Waals surface area contributed by atoms with Crippen LogP contribution in [-0.2, 0) is 4.74 Å². The lowest BCUT2D eigenvalue weighted by Crippen LogP contribution is -2.42. The van der Waals surface area contributed by atoms with E-state index in [1.807, 2.05) is 6.92 Å². The number of rotatable bonds is 2. The standard InChI is InChI=1S/C13H18N4O4/c1-6-3-8(19)13(21-9(6)4-18)17-5-14-10-11(17)15-7(2)16-12(10)20/h5-6,8-9,13,18-19H,3-4H2,1-2H3,(H,15,16,20)/t6?,8-,9+,13+/m0/s1. The molecular formula is C13H18N4O4. The second-order valence-electron chi connectivity index (χ2n) is 5.50. The molecule has 8 heteroatoms. The van der Waals surface area contributed by atoms with Crippen molar-refractivity contribution in [3.05, 3.63) is 22.5 Å². The van der Waals surface area contributed by atoms with Crippen molar-refractivity contribution in [3.8, 4) is 0 Å². The van der Waals surface area contributed by atoms with Crippen LogP contribution in [0.1, 0.15) is 25.4 Å². The van der Waals surface area contributed by atoms with Crippen LogP contribution in [0.5, 0.6) is 0 Å².